The summed E-state index contributed by atoms with van der Waals surface area (Å²) in [5.74, 6) is 0. The molecule has 3 nitrogen and oxygen atoms in total. The lowest BCUT2D eigenvalue weighted by molar-refractivity contribution is 0.0979. The van der Waals surface area contributed by atoms with E-state index in [1.165, 1.54) is 44.3 Å². The second-order valence-electron chi connectivity index (χ2n) is 6.38. The second kappa shape index (κ2) is 7.01. The predicted octanol–water partition coefficient (Wildman–Crippen LogP) is 3.37. The summed E-state index contributed by atoms with van der Waals surface area (Å²) in [5, 5.41) is 0. The molecule has 0 saturated carbocycles. The first-order chi connectivity index (χ1) is 9.50. The van der Waals surface area contributed by atoms with E-state index in [2.05, 4.69) is 45.7 Å². The smallest absolute Gasteiger partial charge is 0.0410 e. The fraction of sp³-hybridized carbons (Fsp3) is 0.688. The Hall–Kier alpha value is -0.450. The monoisotopic (exact) mass is 339 g/mol. The summed E-state index contributed by atoms with van der Waals surface area (Å²) in [4.78, 5) is 6.81. The van der Waals surface area contributed by atoms with Crippen molar-refractivity contribution in [1.82, 2.24) is 9.88 Å². The van der Waals surface area contributed by atoms with Crippen LogP contribution in [0.15, 0.2) is 22.9 Å². The van der Waals surface area contributed by atoms with Crippen LogP contribution in [0.1, 0.15) is 45.1 Å². The zero-order valence-corrected chi connectivity index (χ0v) is 14.2. The minimum atomic E-state index is 0.0344. The molecule has 1 atom stereocenters. The molecule has 20 heavy (non-hydrogen) atoms. The quantitative estimate of drug-likeness (QED) is 0.914. The molecule has 2 N–H and O–H groups in total. The van der Waals surface area contributed by atoms with Gasteiger partial charge in [0.2, 0.25) is 0 Å². The number of hydrogen-bond donors (Lipinski definition) is 1. The van der Waals surface area contributed by atoms with Gasteiger partial charge in [0.25, 0.3) is 0 Å². The van der Waals surface area contributed by atoms with Crippen molar-refractivity contribution in [1.29, 1.82) is 0 Å². The summed E-state index contributed by atoms with van der Waals surface area (Å²) in [7, 11) is 0. The first kappa shape index (κ1) is 15.9. The maximum atomic E-state index is 6.53. The molecule has 0 bridgehead atoms. The Morgan fingerprint density at radius 1 is 1.25 bits per heavy atom. The third kappa shape index (κ3) is 4.03. The highest BCUT2D eigenvalue weighted by Gasteiger charge is 2.33. The van der Waals surface area contributed by atoms with Gasteiger partial charge in [-0.25, -0.2) is 0 Å². The number of rotatable bonds is 4. The average molecular weight is 340 g/mol. The van der Waals surface area contributed by atoms with Gasteiger partial charge in [-0.05, 0) is 73.8 Å². The SMILES string of the molecule is CC(C)(C(N)Cc1cncc(Br)c1)N1CCCCCC1. The molecule has 4 heteroatoms. The van der Waals surface area contributed by atoms with Crippen LogP contribution in [0.3, 0.4) is 0 Å². The average Bonchev–Trinajstić information content (AvgIpc) is 2.67. The van der Waals surface area contributed by atoms with Crippen LogP contribution in [-0.2, 0) is 6.42 Å². The van der Waals surface area contributed by atoms with Gasteiger partial charge in [0.15, 0.2) is 0 Å². The molecule has 1 aromatic rings. The topological polar surface area (TPSA) is 42.1 Å². The fourth-order valence-corrected chi connectivity index (χ4v) is 3.36. The summed E-state index contributed by atoms with van der Waals surface area (Å²) in [6.45, 7) is 6.93. The predicted molar refractivity (Wildman–Crippen MR) is 87.7 cm³/mol. The van der Waals surface area contributed by atoms with E-state index in [4.69, 9.17) is 5.73 Å². The van der Waals surface area contributed by atoms with Crippen molar-refractivity contribution in [2.24, 2.45) is 5.73 Å². The molecule has 0 amide bonds. The summed E-state index contributed by atoms with van der Waals surface area (Å²) >= 11 is 3.48. The van der Waals surface area contributed by atoms with Gasteiger partial charge >= 0.3 is 0 Å². The van der Waals surface area contributed by atoms with Crippen LogP contribution in [0.2, 0.25) is 0 Å². The molecule has 1 unspecified atom stereocenters. The molecule has 1 aliphatic heterocycles. The maximum Gasteiger partial charge on any atom is 0.0410 e. The summed E-state index contributed by atoms with van der Waals surface area (Å²) < 4.78 is 1.02. The fourth-order valence-electron chi connectivity index (χ4n) is 2.95. The highest BCUT2D eigenvalue weighted by molar-refractivity contribution is 9.10. The Morgan fingerprint density at radius 2 is 1.90 bits per heavy atom. The van der Waals surface area contributed by atoms with E-state index in [0.717, 1.165) is 10.9 Å². The third-order valence-corrected chi connectivity index (χ3v) is 4.98. The third-order valence-electron chi connectivity index (χ3n) is 4.55. The lowest BCUT2D eigenvalue weighted by Gasteiger charge is -2.42. The van der Waals surface area contributed by atoms with E-state index >= 15 is 0 Å². The van der Waals surface area contributed by atoms with E-state index in [1.54, 1.807) is 0 Å². The molecule has 0 radical (unpaired) electrons. The number of nitrogens with zero attached hydrogens (tertiary/aromatic N) is 2. The van der Waals surface area contributed by atoms with Crippen LogP contribution in [0, 0.1) is 0 Å². The number of halogens is 1. The van der Waals surface area contributed by atoms with Gasteiger partial charge in [0.05, 0.1) is 0 Å². The molecule has 1 aliphatic rings. The molecule has 0 spiro atoms. The van der Waals surface area contributed by atoms with E-state index in [-0.39, 0.29) is 11.6 Å². The molecule has 1 fully saturated rings. The van der Waals surface area contributed by atoms with Crippen molar-refractivity contribution in [3.8, 4) is 0 Å². The molecule has 0 aliphatic carbocycles. The van der Waals surface area contributed by atoms with Crippen molar-refractivity contribution in [2.75, 3.05) is 13.1 Å². The molecule has 112 valence electrons. The van der Waals surface area contributed by atoms with E-state index in [9.17, 15) is 0 Å². The van der Waals surface area contributed by atoms with Crippen molar-refractivity contribution in [3.05, 3.63) is 28.5 Å². The minimum absolute atomic E-state index is 0.0344. The van der Waals surface area contributed by atoms with E-state index in [0.29, 0.717) is 0 Å². The summed E-state index contributed by atoms with van der Waals surface area (Å²) in [6.07, 6.45) is 9.92. The number of pyridine rings is 1. The van der Waals surface area contributed by atoms with Gasteiger partial charge < -0.3 is 5.73 Å². The first-order valence-electron chi connectivity index (χ1n) is 7.60. The molecule has 2 heterocycles. The van der Waals surface area contributed by atoms with Gasteiger partial charge in [-0.3, -0.25) is 9.88 Å². The number of hydrogen-bond acceptors (Lipinski definition) is 3. The minimum Gasteiger partial charge on any atom is -0.326 e. The Balaban J connectivity index is 2.03. The highest BCUT2D eigenvalue weighted by Crippen LogP contribution is 2.24. The standard InChI is InChI=1S/C16H26BrN3/c1-16(2,20-7-5-3-4-6-8-20)15(18)10-13-9-14(17)12-19-11-13/h9,11-12,15H,3-8,10,18H2,1-2H3. The van der Waals surface area contributed by atoms with Crippen molar-refractivity contribution in [2.45, 2.75) is 57.5 Å². The second-order valence-corrected chi connectivity index (χ2v) is 7.29. The van der Waals surface area contributed by atoms with Crippen LogP contribution >= 0.6 is 15.9 Å². The normalized spacial score (nSPS) is 19.6. The van der Waals surface area contributed by atoms with Crippen molar-refractivity contribution < 1.29 is 0 Å². The molecular formula is C16H26BrN3. The van der Waals surface area contributed by atoms with Gasteiger partial charge in [-0.2, -0.15) is 0 Å². The van der Waals surface area contributed by atoms with Crippen LogP contribution in [0.5, 0.6) is 0 Å². The number of likely N-dealkylation sites (tertiary alicyclic amines) is 1. The van der Waals surface area contributed by atoms with Crippen LogP contribution in [0.4, 0.5) is 0 Å². The van der Waals surface area contributed by atoms with Crippen molar-refractivity contribution >= 4 is 15.9 Å². The zero-order valence-electron chi connectivity index (χ0n) is 12.6. The molecular weight excluding hydrogens is 314 g/mol. The van der Waals surface area contributed by atoms with Crippen LogP contribution in [0.25, 0.3) is 0 Å². The maximum absolute atomic E-state index is 6.53. The lowest BCUT2D eigenvalue weighted by atomic mass is 9.88. The Morgan fingerprint density at radius 3 is 2.50 bits per heavy atom. The first-order valence-corrected chi connectivity index (χ1v) is 8.39. The molecule has 2 rings (SSSR count). The van der Waals surface area contributed by atoms with Crippen LogP contribution in [-0.4, -0.2) is 34.6 Å². The van der Waals surface area contributed by atoms with Gasteiger partial charge in [0.1, 0.15) is 0 Å². The lowest BCUT2D eigenvalue weighted by Crippen LogP contribution is -2.57. The Kier molecular flexibility index (Phi) is 5.58. The van der Waals surface area contributed by atoms with E-state index in [1.807, 2.05) is 12.4 Å². The Bertz CT molecular complexity index is 425. The van der Waals surface area contributed by atoms with Gasteiger partial charge in [-0.15, -0.1) is 0 Å². The summed E-state index contributed by atoms with van der Waals surface area (Å²) in [5.41, 5.74) is 7.77. The molecule has 1 saturated heterocycles. The largest absolute Gasteiger partial charge is 0.326 e. The molecule has 1 aromatic heterocycles. The Labute approximate surface area is 131 Å². The number of aromatic nitrogens is 1. The number of nitrogens with two attached hydrogens (primary N) is 1. The van der Waals surface area contributed by atoms with Crippen LogP contribution < -0.4 is 5.73 Å². The van der Waals surface area contributed by atoms with Crippen molar-refractivity contribution in [3.63, 3.8) is 0 Å². The highest BCUT2D eigenvalue weighted by atomic mass is 79.9. The van der Waals surface area contributed by atoms with Gasteiger partial charge in [0, 0.05) is 28.4 Å². The molecule has 0 aromatic carbocycles. The zero-order chi connectivity index (χ0) is 14.6. The van der Waals surface area contributed by atoms with Gasteiger partial charge in [-0.1, -0.05) is 12.8 Å². The summed E-state index contributed by atoms with van der Waals surface area (Å²) in [6, 6.07) is 2.24. The van der Waals surface area contributed by atoms with E-state index < -0.39 is 0 Å².